The number of ether oxygens (including phenoxy) is 2. The molecule has 178 valence electrons. The molecule has 0 N–H and O–H groups in total. The fourth-order valence-electron chi connectivity index (χ4n) is 4.08. The fraction of sp³-hybridized carbons (Fsp3) is 0.375. The number of anilines is 1. The second kappa shape index (κ2) is 9.96. The van der Waals surface area contributed by atoms with Gasteiger partial charge < -0.3 is 13.9 Å². The van der Waals surface area contributed by atoms with Crippen molar-refractivity contribution in [3.63, 3.8) is 0 Å². The first kappa shape index (κ1) is 22.6. The lowest BCUT2D eigenvalue weighted by Crippen LogP contribution is -2.44. The topological polar surface area (TPSA) is 90.0 Å². The van der Waals surface area contributed by atoms with Crippen molar-refractivity contribution in [3.05, 3.63) is 53.0 Å². The lowest BCUT2D eigenvalue weighted by atomic mass is 10.3. The van der Waals surface area contributed by atoms with E-state index in [0.717, 1.165) is 23.3 Å². The van der Waals surface area contributed by atoms with Gasteiger partial charge in [0.25, 0.3) is 0 Å². The smallest absolute Gasteiger partial charge is 0.420 e. The highest BCUT2D eigenvalue weighted by atomic mass is 32.1. The number of oxazole rings is 1. The van der Waals surface area contributed by atoms with E-state index in [1.165, 1.54) is 15.9 Å². The van der Waals surface area contributed by atoms with E-state index in [1.54, 1.807) is 23.1 Å². The molecule has 2 aromatic heterocycles. The van der Waals surface area contributed by atoms with Crippen LogP contribution in [0.2, 0.25) is 0 Å². The van der Waals surface area contributed by atoms with Crippen LogP contribution in [0.25, 0.3) is 21.3 Å². The van der Waals surface area contributed by atoms with Crippen LogP contribution in [0.4, 0.5) is 5.13 Å². The van der Waals surface area contributed by atoms with Gasteiger partial charge in [0.05, 0.1) is 30.0 Å². The Bertz CT molecular complexity index is 1350. The van der Waals surface area contributed by atoms with Gasteiger partial charge in [0.2, 0.25) is 5.91 Å². The largest absolute Gasteiger partial charge is 0.492 e. The van der Waals surface area contributed by atoms with Gasteiger partial charge in [-0.2, -0.15) is 0 Å². The number of nitrogens with zero attached hydrogens (tertiary/aromatic N) is 4. The molecule has 5 rings (SSSR count). The van der Waals surface area contributed by atoms with E-state index in [4.69, 9.17) is 18.9 Å². The molecule has 0 unspecified atom stereocenters. The van der Waals surface area contributed by atoms with Crippen LogP contribution in [-0.2, 0) is 16.1 Å². The number of fused-ring (bicyclic) bond motifs is 2. The predicted octanol–water partition coefficient (Wildman–Crippen LogP) is 2.97. The molecule has 0 saturated carbocycles. The van der Waals surface area contributed by atoms with Crippen LogP contribution in [0, 0.1) is 0 Å². The van der Waals surface area contributed by atoms with E-state index in [2.05, 4.69) is 4.90 Å². The Morgan fingerprint density at radius 2 is 2.00 bits per heavy atom. The average Bonchev–Trinajstić information content (AvgIpc) is 3.42. The number of aromatic nitrogens is 2. The van der Waals surface area contributed by atoms with Gasteiger partial charge in [-0.05, 0) is 31.2 Å². The van der Waals surface area contributed by atoms with Gasteiger partial charge in [0.1, 0.15) is 17.8 Å². The second-order valence-electron chi connectivity index (χ2n) is 7.95. The van der Waals surface area contributed by atoms with Crippen molar-refractivity contribution in [2.45, 2.75) is 13.5 Å². The molecular weight excluding hydrogens is 456 g/mol. The van der Waals surface area contributed by atoms with E-state index in [-0.39, 0.29) is 12.5 Å². The zero-order chi connectivity index (χ0) is 23.5. The van der Waals surface area contributed by atoms with Gasteiger partial charge in [0, 0.05) is 26.2 Å². The Kier molecular flexibility index (Phi) is 6.61. The standard InChI is InChI=1S/C24H26N4O5S/c1-2-32-19-8-5-9-20-22(19)25-23(34-20)27(11-10-26-12-14-31-15-13-26)21(29)16-28-17-6-3-4-7-18(17)33-24(28)30/h3-9H,2,10-16H2,1H3. The summed E-state index contributed by atoms with van der Waals surface area (Å²) in [6, 6.07) is 12.9. The number of amides is 1. The summed E-state index contributed by atoms with van der Waals surface area (Å²) in [4.78, 5) is 34.8. The minimum absolute atomic E-state index is 0.132. The molecule has 1 aliphatic rings. The number of thiazole rings is 1. The molecule has 1 aliphatic heterocycles. The summed E-state index contributed by atoms with van der Waals surface area (Å²) in [7, 11) is 0. The summed E-state index contributed by atoms with van der Waals surface area (Å²) in [5.74, 6) is -0.0790. The molecule has 0 aliphatic carbocycles. The number of hydrogen-bond donors (Lipinski definition) is 0. The summed E-state index contributed by atoms with van der Waals surface area (Å²) in [5, 5.41) is 0.585. The normalized spacial score (nSPS) is 14.6. The van der Waals surface area contributed by atoms with Crippen molar-refractivity contribution < 1.29 is 18.7 Å². The molecule has 9 nitrogen and oxygen atoms in total. The maximum Gasteiger partial charge on any atom is 0.420 e. The first-order valence-corrected chi connectivity index (χ1v) is 12.2. The third kappa shape index (κ3) is 4.56. The van der Waals surface area contributed by atoms with Crippen molar-refractivity contribution in [1.29, 1.82) is 0 Å². The van der Waals surface area contributed by atoms with Crippen molar-refractivity contribution in [2.24, 2.45) is 0 Å². The summed E-state index contributed by atoms with van der Waals surface area (Å²) in [6.45, 7) is 6.47. The van der Waals surface area contributed by atoms with Gasteiger partial charge >= 0.3 is 5.76 Å². The van der Waals surface area contributed by atoms with Crippen molar-refractivity contribution in [2.75, 3.05) is 50.9 Å². The maximum atomic E-state index is 13.6. The Hall–Kier alpha value is -3.21. The minimum Gasteiger partial charge on any atom is -0.492 e. The molecule has 0 radical (unpaired) electrons. The molecule has 10 heteroatoms. The fourth-order valence-corrected chi connectivity index (χ4v) is 5.10. The van der Waals surface area contributed by atoms with Gasteiger partial charge in [-0.3, -0.25) is 19.2 Å². The molecule has 0 spiro atoms. The van der Waals surface area contributed by atoms with Gasteiger partial charge in [-0.25, -0.2) is 9.78 Å². The number of benzene rings is 2. The summed E-state index contributed by atoms with van der Waals surface area (Å²) >= 11 is 1.44. The van der Waals surface area contributed by atoms with Gasteiger partial charge in [-0.1, -0.05) is 29.5 Å². The molecule has 1 amide bonds. The van der Waals surface area contributed by atoms with E-state index >= 15 is 0 Å². The third-order valence-corrected chi connectivity index (χ3v) is 6.86. The Morgan fingerprint density at radius 3 is 2.82 bits per heavy atom. The SMILES string of the molecule is CCOc1cccc2sc(N(CCN3CCOCC3)C(=O)Cn3c(=O)oc4ccccc43)nc12. The van der Waals surface area contributed by atoms with Gasteiger partial charge in [-0.15, -0.1) is 0 Å². The van der Waals surface area contributed by atoms with Crippen LogP contribution in [0.3, 0.4) is 0 Å². The number of rotatable bonds is 8. The number of carbonyl (C=O) groups is 1. The zero-order valence-electron chi connectivity index (χ0n) is 18.9. The van der Waals surface area contributed by atoms with Gasteiger partial charge in [0.15, 0.2) is 10.7 Å². The quantitative estimate of drug-likeness (QED) is 0.381. The van der Waals surface area contributed by atoms with E-state index in [1.807, 2.05) is 31.2 Å². The van der Waals surface area contributed by atoms with Crippen LogP contribution in [0.1, 0.15) is 6.92 Å². The highest BCUT2D eigenvalue weighted by Gasteiger charge is 2.24. The maximum absolute atomic E-state index is 13.6. The number of para-hydroxylation sites is 3. The number of morpholine rings is 1. The monoisotopic (exact) mass is 482 g/mol. The van der Waals surface area contributed by atoms with Crippen molar-refractivity contribution in [1.82, 2.24) is 14.5 Å². The van der Waals surface area contributed by atoms with Crippen LogP contribution < -0.4 is 15.4 Å². The Morgan fingerprint density at radius 1 is 1.18 bits per heavy atom. The molecule has 34 heavy (non-hydrogen) atoms. The Balaban J connectivity index is 1.46. The van der Waals surface area contributed by atoms with E-state index in [9.17, 15) is 9.59 Å². The Labute approximate surface area is 200 Å². The molecule has 3 heterocycles. The van der Waals surface area contributed by atoms with Crippen LogP contribution in [-0.4, -0.2) is 66.4 Å². The number of carbonyl (C=O) groups excluding carboxylic acids is 1. The second-order valence-corrected chi connectivity index (χ2v) is 8.96. The highest BCUT2D eigenvalue weighted by Crippen LogP contribution is 2.34. The van der Waals surface area contributed by atoms with Crippen molar-refractivity contribution >= 4 is 43.7 Å². The average molecular weight is 483 g/mol. The third-order valence-electron chi connectivity index (χ3n) is 5.81. The lowest BCUT2D eigenvalue weighted by molar-refractivity contribution is -0.119. The summed E-state index contributed by atoms with van der Waals surface area (Å²) in [5.41, 5.74) is 1.79. The predicted molar refractivity (Wildman–Crippen MR) is 131 cm³/mol. The highest BCUT2D eigenvalue weighted by molar-refractivity contribution is 7.22. The zero-order valence-corrected chi connectivity index (χ0v) is 19.8. The first-order chi connectivity index (χ1) is 16.6. The molecule has 1 saturated heterocycles. The summed E-state index contributed by atoms with van der Waals surface area (Å²) in [6.07, 6.45) is 0. The molecule has 0 atom stereocenters. The van der Waals surface area contributed by atoms with Crippen LogP contribution >= 0.6 is 11.3 Å². The molecular formula is C24H26N4O5S. The lowest BCUT2D eigenvalue weighted by Gasteiger charge is -2.29. The van der Waals surface area contributed by atoms with E-state index in [0.29, 0.717) is 54.9 Å². The molecule has 1 fully saturated rings. The molecule has 2 aromatic carbocycles. The van der Waals surface area contributed by atoms with Crippen LogP contribution in [0.5, 0.6) is 5.75 Å². The van der Waals surface area contributed by atoms with Crippen LogP contribution in [0.15, 0.2) is 51.7 Å². The summed E-state index contributed by atoms with van der Waals surface area (Å²) < 4.78 is 18.8. The molecule has 0 bridgehead atoms. The van der Waals surface area contributed by atoms with E-state index < -0.39 is 5.76 Å². The van der Waals surface area contributed by atoms with Crippen molar-refractivity contribution in [3.8, 4) is 5.75 Å². The molecule has 4 aromatic rings. The minimum atomic E-state index is -0.550. The number of hydrogen-bond acceptors (Lipinski definition) is 8. The first-order valence-electron chi connectivity index (χ1n) is 11.3.